The van der Waals surface area contributed by atoms with E-state index >= 15 is 0 Å². The molecule has 0 radical (unpaired) electrons. The fraction of sp³-hybridized carbons (Fsp3) is 1.00. The van der Waals surface area contributed by atoms with Crippen molar-refractivity contribution in [1.82, 2.24) is 9.03 Å². The Bertz CT molecular complexity index is 443. The summed E-state index contributed by atoms with van der Waals surface area (Å²) in [6, 6.07) is 0. The zero-order valence-corrected chi connectivity index (χ0v) is 13.8. The summed E-state index contributed by atoms with van der Waals surface area (Å²) in [4.78, 5) is 0. The molecule has 0 bridgehead atoms. The second-order valence-electron chi connectivity index (χ2n) is 5.06. The lowest BCUT2D eigenvalue weighted by Gasteiger charge is -2.21. The van der Waals surface area contributed by atoms with Gasteiger partial charge in [-0.05, 0) is 18.8 Å². The monoisotopic (exact) mass is 314 g/mol. The molecule has 0 aromatic carbocycles. The van der Waals surface area contributed by atoms with Crippen LogP contribution in [-0.4, -0.2) is 52.8 Å². The maximum Gasteiger partial charge on any atom is 0.211 e. The summed E-state index contributed by atoms with van der Waals surface area (Å²) >= 11 is 0. The van der Waals surface area contributed by atoms with Crippen molar-refractivity contribution in [2.24, 2.45) is 5.92 Å². The van der Waals surface area contributed by atoms with Crippen LogP contribution in [0.2, 0.25) is 0 Å². The molecule has 8 heteroatoms. The molecule has 0 aliphatic rings. The molecule has 0 aromatic rings. The summed E-state index contributed by atoms with van der Waals surface area (Å²) in [5.74, 6) is 0.471. The fourth-order valence-corrected chi connectivity index (χ4v) is 3.46. The van der Waals surface area contributed by atoms with Crippen LogP contribution in [-0.2, 0) is 20.0 Å². The van der Waals surface area contributed by atoms with E-state index < -0.39 is 20.0 Å². The van der Waals surface area contributed by atoms with Gasteiger partial charge < -0.3 is 0 Å². The third kappa shape index (κ3) is 9.37. The molecular weight excluding hydrogens is 288 g/mol. The standard InChI is InChI=1S/C11H26N2O4S2/c1-5-10-19(16,17)12-7-9-13(18(4,14)15)8-6-11(2)3/h11-12H,5-10H2,1-4H3. The molecule has 0 aromatic heterocycles. The van der Waals surface area contributed by atoms with E-state index in [1.54, 1.807) is 6.92 Å². The van der Waals surface area contributed by atoms with Crippen molar-refractivity contribution in [2.45, 2.75) is 33.6 Å². The Balaban J connectivity index is 4.36. The van der Waals surface area contributed by atoms with Gasteiger partial charge in [0, 0.05) is 19.6 Å². The lowest BCUT2D eigenvalue weighted by molar-refractivity contribution is 0.385. The molecule has 0 atom stereocenters. The second kappa shape index (κ2) is 8.18. The van der Waals surface area contributed by atoms with E-state index in [9.17, 15) is 16.8 Å². The van der Waals surface area contributed by atoms with Gasteiger partial charge in [0.1, 0.15) is 0 Å². The van der Waals surface area contributed by atoms with Crippen LogP contribution in [0.5, 0.6) is 0 Å². The first kappa shape index (κ1) is 18.8. The average Bonchev–Trinajstić information content (AvgIpc) is 2.20. The van der Waals surface area contributed by atoms with Crippen molar-refractivity contribution in [3.63, 3.8) is 0 Å². The van der Waals surface area contributed by atoms with Gasteiger partial charge in [-0.25, -0.2) is 25.9 Å². The first-order chi connectivity index (χ1) is 8.58. The van der Waals surface area contributed by atoms with E-state index in [1.165, 1.54) is 4.31 Å². The molecule has 0 amide bonds. The maximum absolute atomic E-state index is 11.6. The van der Waals surface area contributed by atoms with E-state index in [-0.39, 0.29) is 18.8 Å². The normalized spacial score (nSPS) is 13.4. The summed E-state index contributed by atoms with van der Waals surface area (Å²) in [7, 11) is -6.57. The molecule has 0 rings (SSSR count). The minimum absolute atomic E-state index is 0.0673. The maximum atomic E-state index is 11.6. The highest BCUT2D eigenvalue weighted by Crippen LogP contribution is 2.05. The number of hydrogen-bond donors (Lipinski definition) is 1. The van der Waals surface area contributed by atoms with Crippen LogP contribution in [0.4, 0.5) is 0 Å². The minimum atomic E-state index is -3.29. The molecule has 0 aliphatic carbocycles. The lowest BCUT2D eigenvalue weighted by atomic mass is 10.1. The Morgan fingerprint density at radius 3 is 2.11 bits per heavy atom. The van der Waals surface area contributed by atoms with Gasteiger partial charge in [-0.1, -0.05) is 20.8 Å². The highest BCUT2D eigenvalue weighted by atomic mass is 32.2. The van der Waals surface area contributed by atoms with E-state index in [1.807, 2.05) is 13.8 Å². The van der Waals surface area contributed by atoms with Gasteiger partial charge in [0.15, 0.2) is 0 Å². The van der Waals surface area contributed by atoms with Crippen molar-refractivity contribution >= 4 is 20.0 Å². The molecule has 0 fully saturated rings. The smallest absolute Gasteiger partial charge is 0.211 e. The number of nitrogens with zero attached hydrogens (tertiary/aromatic N) is 1. The fourth-order valence-electron chi connectivity index (χ4n) is 1.51. The zero-order valence-electron chi connectivity index (χ0n) is 12.2. The molecule has 0 unspecified atom stereocenters. The summed E-state index contributed by atoms with van der Waals surface area (Å²) in [6.07, 6.45) is 2.45. The van der Waals surface area contributed by atoms with Crippen LogP contribution in [0.3, 0.4) is 0 Å². The van der Waals surface area contributed by atoms with Crippen LogP contribution in [0.15, 0.2) is 0 Å². The van der Waals surface area contributed by atoms with Gasteiger partial charge in [-0.15, -0.1) is 0 Å². The minimum Gasteiger partial charge on any atom is -0.214 e. The molecule has 0 saturated heterocycles. The third-order valence-electron chi connectivity index (χ3n) is 2.58. The van der Waals surface area contributed by atoms with Crippen LogP contribution in [0, 0.1) is 5.92 Å². The number of rotatable bonds is 10. The van der Waals surface area contributed by atoms with Gasteiger partial charge >= 0.3 is 0 Å². The Morgan fingerprint density at radius 2 is 1.68 bits per heavy atom. The first-order valence-corrected chi connectivity index (χ1v) is 10.0. The van der Waals surface area contributed by atoms with E-state index in [2.05, 4.69) is 4.72 Å². The van der Waals surface area contributed by atoms with Gasteiger partial charge in [0.2, 0.25) is 20.0 Å². The van der Waals surface area contributed by atoms with E-state index in [4.69, 9.17) is 0 Å². The predicted octanol–water partition coefficient (Wildman–Crippen LogP) is 0.624. The Hall–Kier alpha value is -0.180. The van der Waals surface area contributed by atoms with Gasteiger partial charge in [-0.2, -0.15) is 0 Å². The first-order valence-electron chi connectivity index (χ1n) is 6.51. The molecule has 0 heterocycles. The number of nitrogens with one attached hydrogen (secondary N) is 1. The Labute approximate surface area is 117 Å². The van der Waals surface area contributed by atoms with Crippen LogP contribution in [0.25, 0.3) is 0 Å². The molecule has 116 valence electrons. The highest BCUT2D eigenvalue weighted by molar-refractivity contribution is 7.89. The van der Waals surface area contributed by atoms with E-state index in [0.717, 1.165) is 12.7 Å². The van der Waals surface area contributed by atoms with Crippen molar-refractivity contribution < 1.29 is 16.8 Å². The van der Waals surface area contributed by atoms with Crippen molar-refractivity contribution in [1.29, 1.82) is 0 Å². The van der Waals surface area contributed by atoms with Crippen LogP contribution >= 0.6 is 0 Å². The molecular formula is C11H26N2O4S2. The molecule has 19 heavy (non-hydrogen) atoms. The van der Waals surface area contributed by atoms with E-state index in [0.29, 0.717) is 18.9 Å². The Morgan fingerprint density at radius 1 is 1.11 bits per heavy atom. The van der Waals surface area contributed by atoms with Crippen molar-refractivity contribution in [3.05, 3.63) is 0 Å². The summed E-state index contributed by atoms with van der Waals surface area (Å²) in [5.41, 5.74) is 0. The quantitative estimate of drug-likeness (QED) is 0.641. The summed E-state index contributed by atoms with van der Waals surface area (Å²) in [5, 5.41) is 0. The summed E-state index contributed by atoms with van der Waals surface area (Å²) < 4.78 is 49.8. The molecule has 0 aliphatic heterocycles. The third-order valence-corrected chi connectivity index (χ3v) is 5.47. The largest absolute Gasteiger partial charge is 0.214 e. The molecule has 0 saturated carbocycles. The topological polar surface area (TPSA) is 83.6 Å². The summed E-state index contributed by atoms with van der Waals surface area (Å²) in [6.45, 7) is 6.54. The van der Waals surface area contributed by atoms with Crippen LogP contribution < -0.4 is 4.72 Å². The lowest BCUT2D eigenvalue weighted by Crippen LogP contribution is -2.39. The van der Waals surface area contributed by atoms with Gasteiger partial charge in [-0.3, -0.25) is 0 Å². The molecule has 1 N–H and O–H groups in total. The van der Waals surface area contributed by atoms with Crippen molar-refractivity contribution in [2.75, 3.05) is 31.6 Å². The highest BCUT2D eigenvalue weighted by Gasteiger charge is 2.17. The average molecular weight is 314 g/mol. The van der Waals surface area contributed by atoms with Gasteiger partial charge in [0.25, 0.3) is 0 Å². The molecule has 6 nitrogen and oxygen atoms in total. The van der Waals surface area contributed by atoms with Crippen molar-refractivity contribution in [3.8, 4) is 0 Å². The SMILES string of the molecule is CCCS(=O)(=O)NCCN(CCC(C)C)S(C)(=O)=O. The molecule has 0 spiro atoms. The Kier molecular flexibility index (Phi) is 8.11. The van der Waals surface area contributed by atoms with Gasteiger partial charge in [0.05, 0.1) is 12.0 Å². The predicted molar refractivity (Wildman–Crippen MR) is 78.0 cm³/mol. The second-order valence-corrected chi connectivity index (χ2v) is 8.97. The number of sulfonamides is 2. The zero-order chi connectivity index (χ0) is 15.1. The van der Waals surface area contributed by atoms with Crippen LogP contribution in [0.1, 0.15) is 33.6 Å². The number of hydrogen-bond acceptors (Lipinski definition) is 4.